The van der Waals surface area contributed by atoms with E-state index in [2.05, 4.69) is 5.32 Å². The van der Waals surface area contributed by atoms with Crippen LogP contribution in [0.3, 0.4) is 0 Å². The van der Waals surface area contributed by atoms with Crippen LogP contribution in [-0.4, -0.2) is 18.3 Å². The van der Waals surface area contributed by atoms with Gasteiger partial charge < -0.3 is 19.9 Å². The van der Waals surface area contributed by atoms with Crippen LogP contribution in [0.25, 0.3) is 0 Å². The Labute approximate surface area is 131 Å². The Balaban J connectivity index is 2.10. The second kappa shape index (κ2) is 8.29. The van der Waals surface area contributed by atoms with E-state index >= 15 is 0 Å². The van der Waals surface area contributed by atoms with Gasteiger partial charge in [0.2, 0.25) is 0 Å². The van der Waals surface area contributed by atoms with Gasteiger partial charge in [-0.1, -0.05) is 24.3 Å². The zero-order valence-electron chi connectivity index (χ0n) is 13.1. The van der Waals surface area contributed by atoms with Crippen LogP contribution in [0.5, 0.6) is 11.5 Å². The molecule has 0 atom stereocenters. The van der Waals surface area contributed by atoms with E-state index in [0.29, 0.717) is 19.8 Å². The molecular formula is C18H23NO3. The van der Waals surface area contributed by atoms with Crippen molar-refractivity contribution in [3.63, 3.8) is 0 Å². The van der Waals surface area contributed by atoms with Gasteiger partial charge in [0.1, 0.15) is 0 Å². The number of rotatable bonds is 8. The molecule has 2 rings (SSSR count). The van der Waals surface area contributed by atoms with Crippen molar-refractivity contribution < 1.29 is 14.6 Å². The van der Waals surface area contributed by atoms with Crippen molar-refractivity contribution in [3.8, 4) is 11.5 Å². The van der Waals surface area contributed by atoms with Crippen LogP contribution < -0.4 is 14.8 Å². The van der Waals surface area contributed by atoms with Crippen molar-refractivity contribution in [3.05, 3.63) is 53.6 Å². The number of aliphatic hydroxyl groups excluding tert-OH is 1. The summed E-state index contributed by atoms with van der Waals surface area (Å²) >= 11 is 0. The third kappa shape index (κ3) is 4.15. The average molecular weight is 301 g/mol. The molecule has 0 heterocycles. The van der Waals surface area contributed by atoms with Crippen LogP contribution in [0.15, 0.2) is 42.5 Å². The first-order valence-electron chi connectivity index (χ1n) is 7.59. The molecule has 4 heteroatoms. The number of hydrogen-bond donors (Lipinski definition) is 2. The molecule has 0 saturated carbocycles. The minimum absolute atomic E-state index is 0.0245. The van der Waals surface area contributed by atoms with Gasteiger partial charge in [-0.2, -0.15) is 0 Å². The standard InChI is InChI=1S/C18H23NO3/c1-3-21-17-10-9-14(11-18(17)22-4-2)12-19-16-8-6-5-7-15(16)13-20/h5-11,19-20H,3-4,12-13H2,1-2H3. The van der Waals surface area contributed by atoms with Gasteiger partial charge in [-0.3, -0.25) is 0 Å². The van der Waals surface area contributed by atoms with Crippen molar-refractivity contribution in [2.75, 3.05) is 18.5 Å². The average Bonchev–Trinajstić information content (AvgIpc) is 2.55. The second-order valence-corrected chi connectivity index (χ2v) is 4.82. The van der Waals surface area contributed by atoms with Crippen molar-refractivity contribution in [1.29, 1.82) is 0 Å². The molecule has 2 aromatic carbocycles. The van der Waals surface area contributed by atoms with Crippen molar-refractivity contribution in [2.24, 2.45) is 0 Å². The highest BCUT2D eigenvalue weighted by molar-refractivity contribution is 5.52. The summed E-state index contributed by atoms with van der Waals surface area (Å²) in [7, 11) is 0. The van der Waals surface area contributed by atoms with Gasteiger partial charge in [-0.15, -0.1) is 0 Å². The molecule has 0 aromatic heterocycles. The third-order valence-corrected chi connectivity index (χ3v) is 3.28. The summed E-state index contributed by atoms with van der Waals surface area (Å²) in [6, 6.07) is 13.7. The Morgan fingerprint density at radius 2 is 1.68 bits per heavy atom. The second-order valence-electron chi connectivity index (χ2n) is 4.82. The summed E-state index contributed by atoms with van der Waals surface area (Å²) in [6.45, 7) is 5.81. The molecule has 4 nitrogen and oxygen atoms in total. The molecule has 0 amide bonds. The van der Waals surface area contributed by atoms with Crippen LogP contribution in [0.2, 0.25) is 0 Å². The fourth-order valence-electron chi connectivity index (χ4n) is 2.23. The molecule has 22 heavy (non-hydrogen) atoms. The number of anilines is 1. The number of aliphatic hydroxyl groups is 1. The highest BCUT2D eigenvalue weighted by Crippen LogP contribution is 2.29. The number of ether oxygens (including phenoxy) is 2. The molecule has 0 aliphatic rings. The van der Waals surface area contributed by atoms with E-state index in [4.69, 9.17) is 9.47 Å². The maximum Gasteiger partial charge on any atom is 0.161 e. The fourth-order valence-corrected chi connectivity index (χ4v) is 2.23. The first kappa shape index (κ1) is 16.2. The highest BCUT2D eigenvalue weighted by Gasteiger charge is 2.07. The molecule has 2 N–H and O–H groups in total. The molecule has 0 aliphatic carbocycles. The van der Waals surface area contributed by atoms with E-state index in [1.807, 2.05) is 56.3 Å². The van der Waals surface area contributed by atoms with E-state index in [1.54, 1.807) is 0 Å². The largest absolute Gasteiger partial charge is 0.490 e. The van der Waals surface area contributed by atoms with E-state index in [0.717, 1.165) is 28.3 Å². The zero-order valence-corrected chi connectivity index (χ0v) is 13.1. The summed E-state index contributed by atoms with van der Waals surface area (Å²) < 4.78 is 11.2. The van der Waals surface area contributed by atoms with Gasteiger partial charge in [0, 0.05) is 17.8 Å². The van der Waals surface area contributed by atoms with E-state index in [9.17, 15) is 5.11 Å². The Kier molecular flexibility index (Phi) is 6.10. The minimum atomic E-state index is 0.0245. The predicted octanol–water partition coefficient (Wildman–Crippen LogP) is 3.59. The molecular weight excluding hydrogens is 278 g/mol. The van der Waals surface area contributed by atoms with Crippen molar-refractivity contribution >= 4 is 5.69 Å². The monoisotopic (exact) mass is 301 g/mol. The summed E-state index contributed by atoms with van der Waals surface area (Å²) in [5.41, 5.74) is 2.93. The van der Waals surface area contributed by atoms with Crippen LogP contribution in [0.1, 0.15) is 25.0 Å². The normalized spacial score (nSPS) is 10.3. The van der Waals surface area contributed by atoms with Crippen LogP contribution in [-0.2, 0) is 13.2 Å². The molecule has 118 valence electrons. The topological polar surface area (TPSA) is 50.7 Å². The van der Waals surface area contributed by atoms with Crippen LogP contribution in [0, 0.1) is 0 Å². The lowest BCUT2D eigenvalue weighted by Gasteiger charge is -2.14. The quantitative estimate of drug-likeness (QED) is 0.782. The van der Waals surface area contributed by atoms with Gasteiger partial charge in [0.25, 0.3) is 0 Å². The van der Waals surface area contributed by atoms with Gasteiger partial charge in [0.15, 0.2) is 11.5 Å². The number of hydrogen-bond acceptors (Lipinski definition) is 4. The highest BCUT2D eigenvalue weighted by atomic mass is 16.5. The molecule has 0 radical (unpaired) electrons. The van der Waals surface area contributed by atoms with Crippen LogP contribution in [0.4, 0.5) is 5.69 Å². The summed E-state index contributed by atoms with van der Waals surface area (Å²) in [5, 5.41) is 12.7. The number of benzene rings is 2. The Morgan fingerprint density at radius 3 is 2.41 bits per heavy atom. The Morgan fingerprint density at radius 1 is 0.955 bits per heavy atom. The number of nitrogens with one attached hydrogen (secondary N) is 1. The lowest BCUT2D eigenvalue weighted by molar-refractivity contribution is 0.282. The summed E-state index contributed by atoms with van der Waals surface area (Å²) in [6.07, 6.45) is 0. The molecule has 0 saturated heterocycles. The predicted molar refractivity (Wildman–Crippen MR) is 88.5 cm³/mol. The maximum absolute atomic E-state index is 9.35. The molecule has 0 bridgehead atoms. The summed E-state index contributed by atoms with van der Waals surface area (Å²) in [5.74, 6) is 1.53. The van der Waals surface area contributed by atoms with Crippen molar-refractivity contribution in [2.45, 2.75) is 27.0 Å². The fraction of sp³-hybridized carbons (Fsp3) is 0.333. The third-order valence-electron chi connectivity index (χ3n) is 3.28. The van der Waals surface area contributed by atoms with Crippen LogP contribution >= 0.6 is 0 Å². The molecule has 0 spiro atoms. The lowest BCUT2D eigenvalue weighted by Crippen LogP contribution is -2.04. The zero-order chi connectivity index (χ0) is 15.8. The first-order chi connectivity index (χ1) is 10.8. The molecule has 0 unspecified atom stereocenters. The lowest BCUT2D eigenvalue weighted by atomic mass is 10.1. The Hall–Kier alpha value is -2.20. The van der Waals surface area contributed by atoms with Crippen molar-refractivity contribution in [1.82, 2.24) is 0 Å². The van der Waals surface area contributed by atoms with E-state index in [-0.39, 0.29) is 6.61 Å². The van der Waals surface area contributed by atoms with E-state index < -0.39 is 0 Å². The van der Waals surface area contributed by atoms with Gasteiger partial charge in [-0.25, -0.2) is 0 Å². The van der Waals surface area contributed by atoms with Gasteiger partial charge in [-0.05, 0) is 37.6 Å². The maximum atomic E-state index is 9.35. The summed E-state index contributed by atoms with van der Waals surface area (Å²) in [4.78, 5) is 0. The minimum Gasteiger partial charge on any atom is -0.490 e. The van der Waals surface area contributed by atoms with E-state index in [1.165, 1.54) is 0 Å². The number of para-hydroxylation sites is 1. The molecule has 2 aromatic rings. The molecule has 0 fully saturated rings. The molecule has 0 aliphatic heterocycles. The van der Waals surface area contributed by atoms with Gasteiger partial charge >= 0.3 is 0 Å². The smallest absolute Gasteiger partial charge is 0.161 e. The first-order valence-corrected chi connectivity index (χ1v) is 7.59. The Bertz CT molecular complexity index is 599. The van der Waals surface area contributed by atoms with Gasteiger partial charge in [0.05, 0.1) is 19.8 Å². The SMILES string of the molecule is CCOc1ccc(CNc2ccccc2CO)cc1OCC.